The van der Waals surface area contributed by atoms with Gasteiger partial charge in [-0.3, -0.25) is 4.79 Å². The molecule has 0 saturated carbocycles. The van der Waals surface area contributed by atoms with Gasteiger partial charge in [-0.1, -0.05) is 59.7 Å². The third-order valence-electron chi connectivity index (χ3n) is 3.54. The Morgan fingerprint density at radius 1 is 1.00 bits per heavy atom. The largest absolute Gasteiger partial charge is 0.348 e. The van der Waals surface area contributed by atoms with Gasteiger partial charge in [0.15, 0.2) is 0 Å². The zero-order valence-electron chi connectivity index (χ0n) is 13.2. The average Bonchev–Trinajstić information content (AvgIpc) is 2.46. The van der Waals surface area contributed by atoms with Gasteiger partial charge >= 0.3 is 0 Å². The summed E-state index contributed by atoms with van der Waals surface area (Å²) in [4.78, 5) is 12.3. The number of hydrogen-bond donors (Lipinski definition) is 2. The summed E-state index contributed by atoms with van der Waals surface area (Å²) >= 11 is 0. The van der Waals surface area contributed by atoms with Crippen LogP contribution in [0.3, 0.4) is 0 Å². The van der Waals surface area contributed by atoms with Crippen molar-refractivity contribution in [1.82, 2.24) is 5.32 Å². The van der Waals surface area contributed by atoms with E-state index in [1.54, 1.807) is 0 Å². The molecule has 1 amide bonds. The summed E-state index contributed by atoms with van der Waals surface area (Å²) < 4.78 is 0. The number of carbonyl (C=O) groups excluding carboxylic acids is 1. The molecule has 0 radical (unpaired) electrons. The van der Waals surface area contributed by atoms with Crippen molar-refractivity contribution in [3.05, 3.63) is 70.8 Å². The second-order valence-electron chi connectivity index (χ2n) is 5.54. The molecule has 22 heavy (non-hydrogen) atoms. The predicted molar refractivity (Wildman–Crippen MR) is 93.1 cm³/mol. The van der Waals surface area contributed by atoms with E-state index in [9.17, 15) is 4.79 Å². The van der Waals surface area contributed by atoms with E-state index in [0.717, 1.165) is 11.1 Å². The summed E-state index contributed by atoms with van der Waals surface area (Å²) in [6, 6.07) is 15.0. The minimum Gasteiger partial charge on any atom is -0.348 e. The minimum absolute atomic E-state index is 0. The number of benzene rings is 2. The highest BCUT2D eigenvalue weighted by atomic mass is 35.5. The molecule has 2 unspecified atom stereocenters. The molecule has 2 atom stereocenters. The van der Waals surface area contributed by atoms with Crippen molar-refractivity contribution < 1.29 is 4.79 Å². The summed E-state index contributed by atoms with van der Waals surface area (Å²) in [7, 11) is 0. The molecule has 0 aliphatic heterocycles. The molecule has 118 valence electrons. The molecular formula is C18H23ClN2O. The van der Waals surface area contributed by atoms with Gasteiger partial charge in [0.2, 0.25) is 5.91 Å². The minimum atomic E-state index is -0.639. The third kappa shape index (κ3) is 4.58. The van der Waals surface area contributed by atoms with Gasteiger partial charge in [0.05, 0.1) is 6.04 Å². The van der Waals surface area contributed by atoms with Crippen LogP contribution in [0.5, 0.6) is 0 Å². The lowest BCUT2D eigenvalue weighted by molar-refractivity contribution is -0.123. The summed E-state index contributed by atoms with van der Waals surface area (Å²) in [5.41, 5.74) is 10.3. The first kappa shape index (κ1) is 18.2. The topological polar surface area (TPSA) is 55.1 Å². The van der Waals surface area contributed by atoms with E-state index >= 15 is 0 Å². The number of nitrogens with two attached hydrogens (primary N) is 1. The van der Waals surface area contributed by atoms with E-state index in [1.165, 1.54) is 11.1 Å². The third-order valence-corrected chi connectivity index (χ3v) is 3.54. The highest BCUT2D eigenvalue weighted by molar-refractivity contribution is 5.85. The van der Waals surface area contributed by atoms with Crippen LogP contribution in [0, 0.1) is 13.8 Å². The van der Waals surface area contributed by atoms with Gasteiger partial charge in [-0.25, -0.2) is 0 Å². The molecule has 2 aromatic rings. The Kier molecular flexibility index (Phi) is 6.60. The molecule has 2 rings (SSSR count). The van der Waals surface area contributed by atoms with Gasteiger partial charge in [0, 0.05) is 0 Å². The van der Waals surface area contributed by atoms with Crippen LogP contribution < -0.4 is 11.1 Å². The van der Waals surface area contributed by atoms with Gasteiger partial charge in [-0.05, 0) is 31.9 Å². The van der Waals surface area contributed by atoms with E-state index in [2.05, 4.69) is 37.4 Å². The van der Waals surface area contributed by atoms with Crippen LogP contribution in [0.1, 0.15) is 41.3 Å². The Labute approximate surface area is 138 Å². The highest BCUT2D eigenvalue weighted by Gasteiger charge is 2.18. The Bertz CT molecular complexity index is 608. The number of carbonyl (C=O) groups is 1. The molecule has 0 heterocycles. The molecule has 0 aliphatic rings. The van der Waals surface area contributed by atoms with E-state index < -0.39 is 6.04 Å². The van der Waals surface area contributed by atoms with Crippen LogP contribution >= 0.6 is 12.4 Å². The molecule has 2 aromatic carbocycles. The second-order valence-corrected chi connectivity index (χ2v) is 5.54. The van der Waals surface area contributed by atoms with Crippen LogP contribution in [0.25, 0.3) is 0 Å². The number of nitrogens with one attached hydrogen (secondary N) is 1. The Balaban J connectivity index is 0.00000242. The maximum Gasteiger partial charge on any atom is 0.241 e. The maximum absolute atomic E-state index is 12.3. The van der Waals surface area contributed by atoms with Crippen molar-refractivity contribution in [2.24, 2.45) is 5.73 Å². The zero-order valence-corrected chi connectivity index (χ0v) is 14.0. The second kappa shape index (κ2) is 7.97. The van der Waals surface area contributed by atoms with Gasteiger partial charge in [-0.2, -0.15) is 0 Å². The Hall–Kier alpha value is -1.84. The molecule has 4 heteroatoms. The van der Waals surface area contributed by atoms with Crippen LogP contribution in [-0.4, -0.2) is 5.91 Å². The lowest BCUT2D eigenvalue weighted by atomic mass is 10.0. The van der Waals surface area contributed by atoms with Crippen molar-refractivity contribution in [3.63, 3.8) is 0 Å². The monoisotopic (exact) mass is 318 g/mol. The van der Waals surface area contributed by atoms with E-state index in [0.29, 0.717) is 0 Å². The van der Waals surface area contributed by atoms with Gasteiger partial charge in [0.25, 0.3) is 0 Å². The van der Waals surface area contributed by atoms with E-state index in [1.807, 2.05) is 37.3 Å². The molecule has 0 saturated heterocycles. The lowest BCUT2D eigenvalue weighted by Crippen LogP contribution is -2.35. The Morgan fingerprint density at radius 2 is 1.55 bits per heavy atom. The van der Waals surface area contributed by atoms with Crippen molar-refractivity contribution in [3.8, 4) is 0 Å². The normalized spacial score (nSPS) is 12.9. The summed E-state index contributed by atoms with van der Waals surface area (Å²) in [6.45, 7) is 6.09. The summed E-state index contributed by atoms with van der Waals surface area (Å²) in [6.07, 6.45) is 0. The van der Waals surface area contributed by atoms with E-state index in [4.69, 9.17) is 5.73 Å². The molecule has 0 fully saturated rings. The van der Waals surface area contributed by atoms with Crippen molar-refractivity contribution >= 4 is 18.3 Å². The smallest absolute Gasteiger partial charge is 0.241 e. The van der Waals surface area contributed by atoms with E-state index in [-0.39, 0.29) is 24.4 Å². The molecule has 3 N–H and O–H groups in total. The van der Waals surface area contributed by atoms with Crippen molar-refractivity contribution in [2.75, 3.05) is 0 Å². The summed E-state index contributed by atoms with van der Waals surface area (Å²) in [5.74, 6) is -0.159. The standard InChI is InChI=1S/C18H22N2O.ClH/c1-12-9-13(2)11-16(10-12)14(3)20-18(21)17(19)15-7-5-4-6-8-15;/h4-11,14,17H,19H2,1-3H3,(H,20,21);1H. The highest BCUT2D eigenvalue weighted by Crippen LogP contribution is 2.18. The van der Waals surface area contributed by atoms with Crippen molar-refractivity contribution in [2.45, 2.75) is 32.9 Å². The number of halogens is 1. The maximum atomic E-state index is 12.3. The van der Waals surface area contributed by atoms with Gasteiger partial charge < -0.3 is 11.1 Å². The first-order valence-corrected chi connectivity index (χ1v) is 7.16. The Morgan fingerprint density at radius 3 is 2.09 bits per heavy atom. The lowest BCUT2D eigenvalue weighted by Gasteiger charge is -2.19. The number of hydrogen-bond acceptors (Lipinski definition) is 2. The number of amides is 1. The summed E-state index contributed by atoms with van der Waals surface area (Å²) in [5, 5.41) is 2.98. The molecule has 0 aromatic heterocycles. The van der Waals surface area contributed by atoms with Crippen molar-refractivity contribution in [1.29, 1.82) is 0 Å². The predicted octanol–water partition coefficient (Wildman–Crippen LogP) is 3.60. The quantitative estimate of drug-likeness (QED) is 0.905. The van der Waals surface area contributed by atoms with Crippen LogP contribution in [-0.2, 0) is 4.79 Å². The average molecular weight is 319 g/mol. The number of rotatable bonds is 4. The SMILES string of the molecule is Cc1cc(C)cc(C(C)NC(=O)C(N)c2ccccc2)c1.Cl. The zero-order chi connectivity index (χ0) is 15.4. The number of aryl methyl sites for hydroxylation is 2. The molecular weight excluding hydrogens is 296 g/mol. The van der Waals surface area contributed by atoms with Gasteiger partial charge in [-0.15, -0.1) is 12.4 Å². The molecule has 0 spiro atoms. The van der Waals surface area contributed by atoms with Crippen LogP contribution in [0.2, 0.25) is 0 Å². The van der Waals surface area contributed by atoms with Crippen LogP contribution in [0.4, 0.5) is 0 Å². The molecule has 0 aliphatic carbocycles. The first-order valence-electron chi connectivity index (χ1n) is 7.16. The fourth-order valence-corrected chi connectivity index (χ4v) is 2.46. The molecule has 0 bridgehead atoms. The first-order chi connectivity index (χ1) is 9.97. The van der Waals surface area contributed by atoms with Crippen LogP contribution in [0.15, 0.2) is 48.5 Å². The molecule has 3 nitrogen and oxygen atoms in total. The fourth-order valence-electron chi connectivity index (χ4n) is 2.46. The van der Waals surface area contributed by atoms with Gasteiger partial charge in [0.1, 0.15) is 6.04 Å². The fraction of sp³-hybridized carbons (Fsp3) is 0.278.